The Morgan fingerprint density at radius 2 is 2.09 bits per heavy atom. The minimum atomic E-state index is -3.69. The second kappa shape index (κ2) is 6.20. The highest BCUT2D eigenvalue weighted by Gasteiger charge is 2.38. The van der Waals surface area contributed by atoms with Gasteiger partial charge in [0.2, 0.25) is 10.0 Å². The summed E-state index contributed by atoms with van der Waals surface area (Å²) in [5.41, 5.74) is 0.549. The number of sulfonamides is 1. The summed E-state index contributed by atoms with van der Waals surface area (Å²) in [6.07, 6.45) is -0.0832. The smallest absolute Gasteiger partial charge is 0.341 e. The van der Waals surface area contributed by atoms with E-state index in [2.05, 4.69) is 5.32 Å². The van der Waals surface area contributed by atoms with E-state index in [0.717, 1.165) is 11.2 Å². The molecule has 2 rings (SSSR count). The average Bonchev–Trinajstić information content (AvgIpc) is 2.97. The van der Waals surface area contributed by atoms with Crippen LogP contribution in [0.5, 0.6) is 0 Å². The number of carbonyl (C=O) groups excluding carboxylic acids is 2. The minimum Gasteiger partial charge on any atom is -0.466 e. The van der Waals surface area contributed by atoms with E-state index < -0.39 is 28.2 Å². The van der Waals surface area contributed by atoms with Crippen LogP contribution in [-0.4, -0.2) is 60.7 Å². The molecular formula is C13H19N3O6S. The van der Waals surface area contributed by atoms with Crippen LogP contribution in [0.2, 0.25) is 0 Å². The first-order valence-electron chi connectivity index (χ1n) is 6.93. The zero-order valence-electron chi connectivity index (χ0n) is 13.1. The average molecular weight is 345 g/mol. The fraction of sp³-hybridized carbons (Fsp3) is 0.538. The van der Waals surface area contributed by atoms with Crippen LogP contribution in [0.3, 0.4) is 0 Å². The fourth-order valence-electron chi connectivity index (χ4n) is 2.38. The van der Waals surface area contributed by atoms with Gasteiger partial charge in [0.1, 0.15) is 11.5 Å². The minimum absolute atomic E-state index is 0.0301. The van der Waals surface area contributed by atoms with E-state index in [0.29, 0.717) is 21.4 Å². The van der Waals surface area contributed by atoms with Crippen molar-refractivity contribution in [2.45, 2.75) is 20.0 Å². The predicted molar refractivity (Wildman–Crippen MR) is 80.2 cm³/mol. The summed E-state index contributed by atoms with van der Waals surface area (Å²) < 4.78 is 28.7. The maximum Gasteiger partial charge on any atom is 0.341 e. The Morgan fingerprint density at radius 1 is 1.43 bits per heavy atom. The zero-order valence-corrected chi connectivity index (χ0v) is 13.9. The Bertz CT molecular complexity index is 726. The maximum absolute atomic E-state index is 12.0. The molecule has 0 radical (unpaired) electrons. The van der Waals surface area contributed by atoms with Crippen molar-refractivity contribution < 1.29 is 27.5 Å². The van der Waals surface area contributed by atoms with Crippen molar-refractivity contribution in [3.05, 3.63) is 23.2 Å². The molecule has 0 bridgehead atoms. The van der Waals surface area contributed by atoms with Crippen LogP contribution in [0.15, 0.2) is 10.5 Å². The van der Waals surface area contributed by atoms with Crippen molar-refractivity contribution in [2.75, 3.05) is 25.9 Å². The predicted octanol–water partition coefficient (Wildman–Crippen LogP) is 0.337. The first kappa shape index (κ1) is 17.3. The van der Waals surface area contributed by atoms with Crippen molar-refractivity contribution in [2.24, 2.45) is 0 Å². The SMILES string of the molecule is Cc1cc(C(O)CNC(=O)N2CCN(S(C)(=O)=O)C2=O)c(C)o1. The Balaban J connectivity index is 1.95. The summed E-state index contributed by atoms with van der Waals surface area (Å²) in [6.45, 7) is 3.21. The fourth-order valence-corrected chi connectivity index (χ4v) is 3.18. The second-order valence-electron chi connectivity index (χ2n) is 5.34. The molecule has 1 aromatic heterocycles. The van der Waals surface area contributed by atoms with Gasteiger partial charge < -0.3 is 14.8 Å². The number of amides is 4. The third kappa shape index (κ3) is 3.64. The van der Waals surface area contributed by atoms with Crippen LogP contribution < -0.4 is 5.32 Å². The number of nitrogens with one attached hydrogen (secondary N) is 1. The lowest BCUT2D eigenvalue weighted by Gasteiger charge is -2.17. The summed E-state index contributed by atoms with van der Waals surface area (Å²) in [5, 5.41) is 12.5. The molecule has 1 unspecified atom stereocenters. The van der Waals surface area contributed by atoms with Gasteiger partial charge in [-0.15, -0.1) is 0 Å². The zero-order chi connectivity index (χ0) is 17.4. The molecule has 0 aliphatic carbocycles. The molecule has 0 aromatic carbocycles. The normalized spacial score (nSPS) is 16.8. The largest absolute Gasteiger partial charge is 0.466 e. The molecule has 1 aliphatic rings. The van der Waals surface area contributed by atoms with E-state index in [9.17, 15) is 23.1 Å². The van der Waals surface area contributed by atoms with Crippen molar-refractivity contribution in [1.29, 1.82) is 0 Å². The molecule has 1 fully saturated rings. The molecule has 23 heavy (non-hydrogen) atoms. The molecule has 0 saturated carbocycles. The van der Waals surface area contributed by atoms with Gasteiger partial charge in [-0.3, -0.25) is 0 Å². The number of nitrogens with zero attached hydrogens (tertiary/aromatic N) is 2. The summed E-state index contributed by atoms with van der Waals surface area (Å²) in [5.74, 6) is 1.19. The van der Waals surface area contributed by atoms with Crippen LogP contribution in [0.25, 0.3) is 0 Å². The lowest BCUT2D eigenvalue weighted by Crippen LogP contribution is -2.44. The molecule has 2 heterocycles. The number of carbonyl (C=O) groups is 2. The van der Waals surface area contributed by atoms with Crippen LogP contribution in [0.4, 0.5) is 9.59 Å². The number of imide groups is 1. The highest BCUT2D eigenvalue weighted by Crippen LogP contribution is 2.21. The number of urea groups is 2. The van der Waals surface area contributed by atoms with Crippen LogP contribution in [0.1, 0.15) is 23.2 Å². The number of hydrogen-bond acceptors (Lipinski definition) is 6. The number of hydrogen-bond donors (Lipinski definition) is 2. The van der Waals surface area contributed by atoms with E-state index in [1.165, 1.54) is 0 Å². The van der Waals surface area contributed by atoms with Gasteiger partial charge in [-0.05, 0) is 19.9 Å². The first-order chi connectivity index (χ1) is 10.6. The van der Waals surface area contributed by atoms with Crippen molar-refractivity contribution in [1.82, 2.24) is 14.5 Å². The maximum atomic E-state index is 12.0. The molecule has 128 valence electrons. The molecule has 4 amide bonds. The van der Waals surface area contributed by atoms with E-state index in [-0.39, 0.29) is 19.6 Å². The number of aryl methyl sites for hydroxylation is 2. The van der Waals surface area contributed by atoms with Gasteiger partial charge >= 0.3 is 12.1 Å². The number of rotatable bonds is 4. The Morgan fingerprint density at radius 3 is 2.57 bits per heavy atom. The number of furan rings is 1. The van der Waals surface area contributed by atoms with Gasteiger partial charge in [0.25, 0.3) is 0 Å². The molecular weight excluding hydrogens is 326 g/mol. The Hall–Kier alpha value is -2.07. The third-order valence-corrected chi connectivity index (χ3v) is 4.64. The number of aliphatic hydroxyl groups excluding tert-OH is 1. The van der Waals surface area contributed by atoms with Gasteiger partial charge in [0.15, 0.2) is 0 Å². The highest BCUT2D eigenvalue weighted by molar-refractivity contribution is 7.88. The summed E-state index contributed by atoms with van der Waals surface area (Å²) >= 11 is 0. The van der Waals surface area contributed by atoms with Gasteiger partial charge in [-0.25, -0.2) is 27.2 Å². The lowest BCUT2D eigenvalue weighted by atomic mass is 10.1. The van der Waals surface area contributed by atoms with E-state index >= 15 is 0 Å². The third-order valence-electron chi connectivity index (χ3n) is 3.50. The molecule has 1 saturated heterocycles. The Kier molecular flexibility index (Phi) is 4.66. The van der Waals surface area contributed by atoms with Crippen molar-refractivity contribution in [3.8, 4) is 0 Å². The molecule has 0 spiro atoms. The van der Waals surface area contributed by atoms with Crippen LogP contribution in [-0.2, 0) is 10.0 Å². The first-order valence-corrected chi connectivity index (χ1v) is 8.78. The number of aliphatic hydroxyl groups is 1. The molecule has 1 atom stereocenters. The van der Waals surface area contributed by atoms with Crippen molar-refractivity contribution in [3.63, 3.8) is 0 Å². The van der Waals surface area contributed by atoms with Crippen LogP contribution in [0, 0.1) is 13.8 Å². The van der Waals surface area contributed by atoms with Gasteiger partial charge in [-0.1, -0.05) is 0 Å². The Labute approximate surface area is 133 Å². The van der Waals surface area contributed by atoms with Crippen molar-refractivity contribution >= 4 is 22.1 Å². The molecule has 9 nitrogen and oxygen atoms in total. The quantitative estimate of drug-likeness (QED) is 0.812. The van der Waals surface area contributed by atoms with Gasteiger partial charge in [-0.2, -0.15) is 0 Å². The van der Waals surface area contributed by atoms with Gasteiger partial charge in [0.05, 0.1) is 25.4 Å². The standard InChI is InChI=1S/C13H19N3O6S/c1-8-6-10(9(2)22-8)11(17)7-14-12(18)15-4-5-16(13(15)19)23(3,20)21/h6,11,17H,4-5,7H2,1-3H3,(H,14,18). The summed E-state index contributed by atoms with van der Waals surface area (Å²) in [4.78, 5) is 24.7. The molecule has 10 heteroatoms. The van der Waals surface area contributed by atoms with Gasteiger partial charge in [0, 0.05) is 12.1 Å². The van der Waals surface area contributed by atoms with E-state index in [1.807, 2.05) is 0 Å². The van der Waals surface area contributed by atoms with E-state index in [4.69, 9.17) is 4.42 Å². The van der Waals surface area contributed by atoms with E-state index in [1.54, 1.807) is 19.9 Å². The molecule has 2 N–H and O–H groups in total. The molecule has 1 aliphatic heterocycles. The highest BCUT2D eigenvalue weighted by atomic mass is 32.2. The topological polar surface area (TPSA) is 120 Å². The summed E-state index contributed by atoms with van der Waals surface area (Å²) in [6, 6.07) is 0.0198. The summed E-state index contributed by atoms with van der Waals surface area (Å²) in [7, 11) is -3.69. The second-order valence-corrected chi connectivity index (χ2v) is 7.25. The monoisotopic (exact) mass is 345 g/mol. The molecule has 1 aromatic rings. The lowest BCUT2D eigenvalue weighted by molar-refractivity contribution is 0.163. The van der Waals surface area contributed by atoms with Crippen LogP contribution >= 0.6 is 0 Å².